The molecule has 0 aliphatic carbocycles. The first kappa shape index (κ1) is 16.1. The summed E-state index contributed by atoms with van der Waals surface area (Å²) in [6.07, 6.45) is 0. The number of hydrogen-bond acceptors (Lipinski definition) is 6. The highest BCUT2D eigenvalue weighted by molar-refractivity contribution is 5.69. The van der Waals surface area contributed by atoms with Gasteiger partial charge in [0.15, 0.2) is 17.3 Å². The van der Waals surface area contributed by atoms with E-state index in [1.807, 2.05) is 36.4 Å². The molecule has 3 aromatic rings. The molecule has 0 unspecified atom stereocenters. The number of aromatic nitrogens is 2. The fraction of sp³-hybridized carbons (Fsp3) is 0.238. The third kappa shape index (κ3) is 3.19. The van der Waals surface area contributed by atoms with Crippen molar-refractivity contribution in [3.63, 3.8) is 0 Å². The maximum Gasteiger partial charge on any atom is 0.231 e. The van der Waals surface area contributed by atoms with Crippen molar-refractivity contribution >= 4 is 5.82 Å². The van der Waals surface area contributed by atoms with E-state index in [9.17, 15) is 0 Å². The Bertz CT molecular complexity index is 956. The number of hydrogen-bond donors (Lipinski definition) is 0. The van der Waals surface area contributed by atoms with Crippen molar-refractivity contribution in [3.05, 3.63) is 54.6 Å². The molecule has 0 atom stereocenters. The fourth-order valence-electron chi connectivity index (χ4n) is 3.31. The number of ether oxygens (including phenoxy) is 3. The van der Waals surface area contributed by atoms with Crippen molar-refractivity contribution in [2.45, 2.75) is 0 Å². The summed E-state index contributed by atoms with van der Waals surface area (Å²) in [6, 6.07) is 18.0. The first-order valence-electron chi connectivity index (χ1n) is 9.04. The van der Waals surface area contributed by atoms with Gasteiger partial charge in [-0.15, -0.1) is 0 Å². The Morgan fingerprint density at radius 3 is 2.44 bits per heavy atom. The van der Waals surface area contributed by atoms with Crippen LogP contribution in [0.4, 0.5) is 5.82 Å². The van der Waals surface area contributed by atoms with Gasteiger partial charge in [-0.3, -0.25) is 0 Å². The van der Waals surface area contributed by atoms with Crippen molar-refractivity contribution in [1.82, 2.24) is 9.97 Å². The molecule has 2 aliphatic rings. The van der Waals surface area contributed by atoms with Gasteiger partial charge in [0.2, 0.25) is 6.79 Å². The van der Waals surface area contributed by atoms with Crippen LogP contribution in [0.25, 0.3) is 22.6 Å². The summed E-state index contributed by atoms with van der Waals surface area (Å²) in [4.78, 5) is 11.9. The van der Waals surface area contributed by atoms with Crippen LogP contribution in [-0.4, -0.2) is 43.1 Å². The van der Waals surface area contributed by atoms with Crippen LogP contribution < -0.4 is 14.4 Å². The molecular weight excluding hydrogens is 342 g/mol. The van der Waals surface area contributed by atoms with Crippen LogP contribution in [0.1, 0.15) is 0 Å². The molecule has 0 saturated carbocycles. The molecule has 6 nitrogen and oxygen atoms in total. The first-order valence-corrected chi connectivity index (χ1v) is 9.04. The molecule has 2 aliphatic heterocycles. The van der Waals surface area contributed by atoms with Gasteiger partial charge in [0, 0.05) is 30.3 Å². The lowest BCUT2D eigenvalue weighted by Gasteiger charge is -2.28. The molecule has 3 heterocycles. The highest BCUT2D eigenvalue weighted by Crippen LogP contribution is 2.36. The first-order chi connectivity index (χ1) is 13.4. The number of nitrogens with zero attached hydrogens (tertiary/aromatic N) is 3. The van der Waals surface area contributed by atoms with E-state index in [1.54, 1.807) is 0 Å². The number of fused-ring (bicyclic) bond motifs is 1. The molecule has 27 heavy (non-hydrogen) atoms. The van der Waals surface area contributed by atoms with Crippen molar-refractivity contribution in [3.8, 4) is 34.1 Å². The Morgan fingerprint density at radius 2 is 1.59 bits per heavy atom. The zero-order valence-corrected chi connectivity index (χ0v) is 14.8. The van der Waals surface area contributed by atoms with Gasteiger partial charge in [0.1, 0.15) is 5.82 Å². The summed E-state index contributed by atoms with van der Waals surface area (Å²) in [5.41, 5.74) is 2.88. The summed E-state index contributed by atoms with van der Waals surface area (Å²) in [7, 11) is 0. The van der Waals surface area contributed by atoms with Gasteiger partial charge >= 0.3 is 0 Å². The molecule has 5 rings (SSSR count). The van der Waals surface area contributed by atoms with Crippen LogP contribution in [0.3, 0.4) is 0 Å². The monoisotopic (exact) mass is 361 g/mol. The van der Waals surface area contributed by atoms with Gasteiger partial charge in [-0.1, -0.05) is 30.3 Å². The SMILES string of the molecule is c1ccc(-c2cc(N3CCOCC3)nc(-c3ccc4c(c3)OCO4)n2)cc1. The molecule has 0 radical (unpaired) electrons. The molecule has 0 N–H and O–H groups in total. The van der Waals surface area contributed by atoms with Crippen LogP contribution in [0, 0.1) is 0 Å². The van der Waals surface area contributed by atoms with Gasteiger partial charge in [-0.2, -0.15) is 0 Å². The van der Waals surface area contributed by atoms with Crippen LogP contribution in [0.15, 0.2) is 54.6 Å². The van der Waals surface area contributed by atoms with Gasteiger partial charge in [0.05, 0.1) is 18.9 Å². The minimum atomic E-state index is 0.253. The van der Waals surface area contributed by atoms with E-state index in [1.165, 1.54) is 0 Å². The van der Waals surface area contributed by atoms with Crippen molar-refractivity contribution in [2.24, 2.45) is 0 Å². The van der Waals surface area contributed by atoms with Gasteiger partial charge in [-0.25, -0.2) is 9.97 Å². The Hall–Kier alpha value is -3.12. The highest BCUT2D eigenvalue weighted by atomic mass is 16.7. The molecule has 2 aromatic carbocycles. The van der Waals surface area contributed by atoms with E-state index in [2.05, 4.69) is 23.1 Å². The lowest BCUT2D eigenvalue weighted by molar-refractivity contribution is 0.122. The second kappa shape index (κ2) is 6.89. The number of morpholine rings is 1. The topological polar surface area (TPSA) is 56.7 Å². The van der Waals surface area contributed by atoms with E-state index in [0.717, 1.165) is 47.2 Å². The predicted octanol–water partition coefficient (Wildman–Crippen LogP) is 3.38. The lowest BCUT2D eigenvalue weighted by atomic mass is 10.1. The normalized spacial score (nSPS) is 15.8. The predicted molar refractivity (Wildman–Crippen MR) is 102 cm³/mol. The number of rotatable bonds is 3. The quantitative estimate of drug-likeness (QED) is 0.713. The Morgan fingerprint density at radius 1 is 0.778 bits per heavy atom. The maximum atomic E-state index is 5.52. The summed E-state index contributed by atoms with van der Waals surface area (Å²) < 4.78 is 16.4. The van der Waals surface area contributed by atoms with E-state index in [4.69, 9.17) is 24.2 Å². The molecule has 0 bridgehead atoms. The van der Waals surface area contributed by atoms with Crippen molar-refractivity contribution < 1.29 is 14.2 Å². The molecule has 1 fully saturated rings. The van der Waals surface area contributed by atoms with Gasteiger partial charge in [0.25, 0.3) is 0 Å². The molecule has 1 aromatic heterocycles. The second-order valence-electron chi connectivity index (χ2n) is 6.47. The smallest absolute Gasteiger partial charge is 0.231 e. The summed E-state index contributed by atoms with van der Waals surface area (Å²) in [5.74, 6) is 3.08. The van der Waals surface area contributed by atoms with E-state index in [0.29, 0.717) is 19.0 Å². The van der Waals surface area contributed by atoms with E-state index in [-0.39, 0.29) is 6.79 Å². The average molecular weight is 361 g/mol. The van der Waals surface area contributed by atoms with E-state index < -0.39 is 0 Å². The fourth-order valence-corrected chi connectivity index (χ4v) is 3.31. The number of benzene rings is 2. The molecule has 0 spiro atoms. The highest BCUT2D eigenvalue weighted by Gasteiger charge is 2.19. The van der Waals surface area contributed by atoms with Gasteiger partial charge in [-0.05, 0) is 18.2 Å². The van der Waals surface area contributed by atoms with Crippen LogP contribution in [0.2, 0.25) is 0 Å². The molecular formula is C21H19N3O3. The second-order valence-corrected chi connectivity index (χ2v) is 6.47. The molecule has 1 saturated heterocycles. The minimum absolute atomic E-state index is 0.253. The standard InChI is InChI=1S/C21H19N3O3/c1-2-4-15(5-3-1)17-13-20(24-8-10-25-11-9-24)23-21(22-17)16-6-7-18-19(12-16)27-14-26-18/h1-7,12-13H,8-11,14H2. The van der Waals surface area contributed by atoms with Crippen LogP contribution in [0.5, 0.6) is 11.5 Å². The van der Waals surface area contributed by atoms with E-state index >= 15 is 0 Å². The Balaban J connectivity index is 1.61. The zero-order chi connectivity index (χ0) is 18.1. The number of anilines is 1. The van der Waals surface area contributed by atoms with Crippen LogP contribution >= 0.6 is 0 Å². The van der Waals surface area contributed by atoms with Gasteiger partial charge < -0.3 is 19.1 Å². The Labute approximate surface area is 157 Å². The third-order valence-corrected chi connectivity index (χ3v) is 4.75. The largest absolute Gasteiger partial charge is 0.454 e. The summed E-state index contributed by atoms with van der Waals surface area (Å²) in [5, 5.41) is 0. The van der Waals surface area contributed by atoms with Crippen molar-refractivity contribution in [2.75, 3.05) is 38.0 Å². The Kier molecular flexibility index (Phi) is 4.10. The average Bonchev–Trinajstić information content (AvgIpc) is 3.22. The van der Waals surface area contributed by atoms with Crippen molar-refractivity contribution in [1.29, 1.82) is 0 Å². The molecule has 6 heteroatoms. The van der Waals surface area contributed by atoms with Crippen LogP contribution in [-0.2, 0) is 4.74 Å². The summed E-state index contributed by atoms with van der Waals surface area (Å²) >= 11 is 0. The zero-order valence-electron chi connectivity index (χ0n) is 14.8. The minimum Gasteiger partial charge on any atom is -0.454 e. The maximum absolute atomic E-state index is 5.52. The summed E-state index contributed by atoms with van der Waals surface area (Å²) in [6.45, 7) is 3.33. The third-order valence-electron chi connectivity index (χ3n) is 4.75. The molecule has 0 amide bonds. The lowest BCUT2D eigenvalue weighted by Crippen LogP contribution is -2.36. The molecule has 136 valence electrons.